The number of imidazole rings is 1. The molecule has 21 heavy (non-hydrogen) atoms. The average Bonchev–Trinajstić information content (AvgIpc) is 2.80. The lowest BCUT2D eigenvalue weighted by Crippen LogP contribution is -2.43. The Morgan fingerprint density at radius 2 is 2.24 bits per heavy atom. The molecular formula is C16H20N2O3. The summed E-state index contributed by atoms with van der Waals surface area (Å²) in [6, 6.07) is 5.26. The van der Waals surface area contributed by atoms with Crippen LogP contribution in [0.15, 0.2) is 18.2 Å². The van der Waals surface area contributed by atoms with Gasteiger partial charge in [0.1, 0.15) is 5.82 Å². The second-order valence-corrected chi connectivity index (χ2v) is 5.69. The van der Waals surface area contributed by atoms with Gasteiger partial charge < -0.3 is 14.4 Å². The van der Waals surface area contributed by atoms with Crippen molar-refractivity contribution in [1.29, 1.82) is 0 Å². The summed E-state index contributed by atoms with van der Waals surface area (Å²) in [5, 5.41) is 9.44. The third-order valence-electron chi connectivity index (χ3n) is 4.54. The van der Waals surface area contributed by atoms with Crippen LogP contribution in [0.4, 0.5) is 0 Å². The summed E-state index contributed by atoms with van der Waals surface area (Å²) in [5.41, 5.74) is 1.61. The third kappa shape index (κ3) is 2.21. The minimum atomic E-state index is -0.913. The number of carbonyl (C=O) groups is 1. The van der Waals surface area contributed by atoms with Crippen molar-refractivity contribution in [3.63, 3.8) is 0 Å². The van der Waals surface area contributed by atoms with Crippen LogP contribution < -0.4 is 0 Å². The molecule has 0 spiro atoms. The first-order valence-corrected chi connectivity index (χ1v) is 7.37. The Hall–Kier alpha value is -1.88. The highest BCUT2D eigenvalue weighted by molar-refractivity contribution is 6.01. The summed E-state index contributed by atoms with van der Waals surface area (Å²) in [5.74, 6) is 0.00602. The van der Waals surface area contributed by atoms with Crippen molar-refractivity contribution in [2.45, 2.75) is 44.8 Å². The molecule has 1 heterocycles. The van der Waals surface area contributed by atoms with Gasteiger partial charge in [-0.3, -0.25) is 0 Å². The van der Waals surface area contributed by atoms with Crippen LogP contribution in [0, 0.1) is 0 Å². The highest BCUT2D eigenvalue weighted by Crippen LogP contribution is 2.38. The molecule has 1 fully saturated rings. The van der Waals surface area contributed by atoms with Crippen LogP contribution in [0.1, 0.15) is 42.4 Å². The minimum absolute atomic E-state index is 0.164. The van der Waals surface area contributed by atoms with Gasteiger partial charge in [0.2, 0.25) is 0 Å². The molecule has 1 aliphatic carbocycles. The lowest BCUT2D eigenvalue weighted by molar-refractivity contribution is -0.0832. The maximum atomic E-state index is 11.5. The zero-order valence-electron chi connectivity index (χ0n) is 12.4. The highest BCUT2D eigenvalue weighted by Gasteiger charge is 2.38. The zero-order valence-corrected chi connectivity index (χ0v) is 12.4. The average molecular weight is 288 g/mol. The number of ether oxygens (including phenoxy) is 1. The van der Waals surface area contributed by atoms with Crippen molar-refractivity contribution in [1.82, 2.24) is 9.55 Å². The molecule has 0 bridgehead atoms. The molecule has 0 amide bonds. The second kappa shape index (κ2) is 5.15. The van der Waals surface area contributed by atoms with Crippen molar-refractivity contribution in [3.05, 3.63) is 29.6 Å². The number of aromatic nitrogens is 2. The Labute approximate surface area is 123 Å². The summed E-state index contributed by atoms with van der Waals surface area (Å²) in [7, 11) is 1.74. The fourth-order valence-electron chi connectivity index (χ4n) is 3.13. The van der Waals surface area contributed by atoms with Gasteiger partial charge in [-0.05, 0) is 31.4 Å². The number of hydrogen-bond donors (Lipinski definition) is 1. The van der Waals surface area contributed by atoms with E-state index in [1.54, 1.807) is 19.2 Å². The number of carboxylic acid groups (broad SMARTS) is 1. The molecule has 2 aromatic rings. The molecule has 1 aliphatic rings. The number of benzene rings is 1. The molecule has 0 atom stereocenters. The number of para-hydroxylation sites is 1. The van der Waals surface area contributed by atoms with Crippen LogP contribution in [0.3, 0.4) is 0 Å². The monoisotopic (exact) mass is 288 g/mol. The molecule has 0 unspecified atom stereocenters. The summed E-state index contributed by atoms with van der Waals surface area (Å²) < 4.78 is 7.74. The third-order valence-corrected chi connectivity index (χ3v) is 4.54. The van der Waals surface area contributed by atoms with E-state index < -0.39 is 5.97 Å². The maximum Gasteiger partial charge on any atom is 0.337 e. The summed E-state index contributed by atoms with van der Waals surface area (Å²) in [6.07, 6.45) is 3.96. The number of aromatic carboxylic acids is 1. The van der Waals surface area contributed by atoms with E-state index in [1.807, 2.05) is 17.6 Å². The standard InChI is InChI=1S/C16H20N2O3/c1-3-13-17-12-7-4-6-11(15(19)20)14(12)18(13)10-16(21-2)8-5-9-16/h4,6-7H,3,5,8-10H2,1-2H3,(H,19,20). The Morgan fingerprint density at radius 3 is 2.76 bits per heavy atom. The smallest absolute Gasteiger partial charge is 0.337 e. The molecule has 112 valence electrons. The number of nitrogens with zero attached hydrogens (tertiary/aromatic N) is 2. The highest BCUT2D eigenvalue weighted by atomic mass is 16.5. The predicted molar refractivity (Wildman–Crippen MR) is 79.7 cm³/mol. The van der Waals surface area contributed by atoms with Crippen LogP contribution >= 0.6 is 0 Å². The number of carboxylic acids is 1. The quantitative estimate of drug-likeness (QED) is 0.918. The van der Waals surface area contributed by atoms with Crippen molar-refractivity contribution >= 4 is 17.0 Å². The molecule has 0 aliphatic heterocycles. The van der Waals surface area contributed by atoms with E-state index >= 15 is 0 Å². The zero-order chi connectivity index (χ0) is 15.0. The predicted octanol–water partition coefficient (Wildman–Crippen LogP) is 2.87. The largest absolute Gasteiger partial charge is 0.478 e. The Morgan fingerprint density at radius 1 is 1.48 bits per heavy atom. The van der Waals surface area contributed by atoms with Crippen molar-refractivity contribution in [3.8, 4) is 0 Å². The fourth-order valence-corrected chi connectivity index (χ4v) is 3.13. The van der Waals surface area contributed by atoms with E-state index in [0.717, 1.165) is 37.0 Å². The number of hydrogen-bond acceptors (Lipinski definition) is 3. The second-order valence-electron chi connectivity index (χ2n) is 5.69. The van der Waals surface area contributed by atoms with Gasteiger partial charge in [0, 0.05) is 13.5 Å². The van der Waals surface area contributed by atoms with Gasteiger partial charge in [-0.15, -0.1) is 0 Å². The first-order valence-electron chi connectivity index (χ1n) is 7.37. The molecule has 5 nitrogen and oxygen atoms in total. The van der Waals surface area contributed by atoms with E-state index in [-0.39, 0.29) is 5.60 Å². The van der Waals surface area contributed by atoms with Gasteiger partial charge in [-0.25, -0.2) is 9.78 Å². The Bertz CT molecular complexity index is 681. The Balaban J connectivity index is 2.16. The number of fused-ring (bicyclic) bond motifs is 1. The summed E-state index contributed by atoms with van der Waals surface area (Å²) >= 11 is 0. The van der Waals surface area contributed by atoms with Gasteiger partial charge in [0.15, 0.2) is 0 Å². The SMILES string of the molecule is CCc1nc2cccc(C(=O)O)c2n1CC1(OC)CCC1. The fraction of sp³-hybridized carbons (Fsp3) is 0.500. The first kappa shape index (κ1) is 14.1. The lowest BCUT2D eigenvalue weighted by atomic mass is 9.80. The molecule has 1 aromatic heterocycles. The van der Waals surface area contributed by atoms with Gasteiger partial charge >= 0.3 is 5.97 Å². The van der Waals surface area contributed by atoms with Gasteiger partial charge in [-0.1, -0.05) is 13.0 Å². The minimum Gasteiger partial charge on any atom is -0.478 e. The summed E-state index contributed by atoms with van der Waals surface area (Å²) in [6.45, 7) is 2.71. The van der Waals surface area contributed by atoms with Crippen LogP contribution in [-0.4, -0.2) is 33.3 Å². The van der Waals surface area contributed by atoms with Crippen molar-refractivity contribution < 1.29 is 14.6 Å². The molecule has 1 N–H and O–H groups in total. The maximum absolute atomic E-state index is 11.5. The van der Waals surface area contributed by atoms with Gasteiger partial charge in [0.25, 0.3) is 0 Å². The topological polar surface area (TPSA) is 64.3 Å². The lowest BCUT2D eigenvalue weighted by Gasteiger charge is -2.41. The molecule has 1 aromatic carbocycles. The normalized spacial score (nSPS) is 16.9. The number of rotatable bonds is 5. The van der Waals surface area contributed by atoms with E-state index in [0.29, 0.717) is 17.6 Å². The van der Waals surface area contributed by atoms with Gasteiger partial charge in [0.05, 0.1) is 28.7 Å². The molecule has 1 saturated carbocycles. The molecular weight excluding hydrogens is 268 g/mol. The van der Waals surface area contributed by atoms with Crippen LogP contribution in [0.2, 0.25) is 0 Å². The van der Waals surface area contributed by atoms with Crippen molar-refractivity contribution in [2.75, 3.05) is 7.11 Å². The van der Waals surface area contributed by atoms with E-state index in [1.165, 1.54) is 0 Å². The van der Waals surface area contributed by atoms with Crippen molar-refractivity contribution in [2.24, 2.45) is 0 Å². The molecule has 5 heteroatoms. The van der Waals surface area contributed by atoms with E-state index in [9.17, 15) is 9.90 Å². The van der Waals surface area contributed by atoms with E-state index in [4.69, 9.17) is 4.74 Å². The number of methoxy groups -OCH3 is 1. The first-order chi connectivity index (χ1) is 10.1. The van der Waals surface area contributed by atoms with Crippen LogP contribution in [-0.2, 0) is 17.7 Å². The van der Waals surface area contributed by atoms with Crippen LogP contribution in [0.5, 0.6) is 0 Å². The molecule has 3 rings (SSSR count). The summed E-state index contributed by atoms with van der Waals surface area (Å²) in [4.78, 5) is 16.1. The van der Waals surface area contributed by atoms with E-state index in [2.05, 4.69) is 4.98 Å². The van der Waals surface area contributed by atoms with Gasteiger partial charge in [-0.2, -0.15) is 0 Å². The molecule has 0 saturated heterocycles. The molecule has 0 radical (unpaired) electrons. The van der Waals surface area contributed by atoms with Crippen LogP contribution in [0.25, 0.3) is 11.0 Å². The Kier molecular flexibility index (Phi) is 3.45. The number of aryl methyl sites for hydroxylation is 1.